The van der Waals surface area contributed by atoms with Gasteiger partial charge in [-0.25, -0.2) is 0 Å². The first-order valence-electron chi connectivity index (χ1n) is 8.32. The molecule has 0 aromatic carbocycles. The first-order valence-corrected chi connectivity index (χ1v) is 8.32. The summed E-state index contributed by atoms with van der Waals surface area (Å²) in [5, 5.41) is 0. The average Bonchev–Trinajstić information content (AvgIpc) is 2.54. The molecule has 0 amide bonds. The third-order valence-corrected chi connectivity index (χ3v) is 4.06. The zero-order valence-corrected chi connectivity index (χ0v) is 14.0. The van der Waals surface area contributed by atoms with E-state index in [9.17, 15) is 9.59 Å². The number of carbonyl (C=O) groups is 2. The molecule has 0 bridgehead atoms. The Hall–Kier alpha value is -1.58. The maximum atomic E-state index is 12.6. The number of hydrogen-bond donors (Lipinski definition) is 0. The molecule has 0 radical (unpaired) electrons. The van der Waals surface area contributed by atoms with E-state index in [0.29, 0.717) is 19.6 Å². The molecule has 22 heavy (non-hydrogen) atoms. The molecule has 0 spiro atoms. The minimum atomic E-state index is -0.939. The molecule has 0 saturated heterocycles. The highest BCUT2D eigenvalue weighted by atomic mass is 16.5. The summed E-state index contributed by atoms with van der Waals surface area (Å²) in [6, 6.07) is 0. The van der Waals surface area contributed by atoms with Crippen LogP contribution in [0.5, 0.6) is 0 Å². The van der Waals surface area contributed by atoms with Gasteiger partial charge >= 0.3 is 11.9 Å². The molecule has 1 rings (SSSR count). The van der Waals surface area contributed by atoms with E-state index in [2.05, 4.69) is 0 Å². The summed E-state index contributed by atoms with van der Waals surface area (Å²) < 4.78 is 10.7. The molecule has 0 aromatic heterocycles. The van der Waals surface area contributed by atoms with Crippen LogP contribution in [0.25, 0.3) is 0 Å². The highest BCUT2D eigenvalue weighted by molar-refractivity contribution is 5.89. The number of carbonyl (C=O) groups excluding carboxylic acids is 2. The van der Waals surface area contributed by atoms with Crippen molar-refractivity contribution in [3.8, 4) is 0 Å². The summed E-state index contributed by atoms with van der Waals surface area (Å²) in [7, 11) is 0. The van der Waals surface area contributed by atoms with Gasteiger partial charge in [0.2, 0.25) is 0 Å². The second kappa shape index (κ2) is 9.44. The van der Waals surface area contributed by atoms with Gasteiger partial charge in [0.25, 0.3) is 0 Å². The zero-order valence-electron chi connectivity index (χ0n) is 14.0. The lowest BCUT2D eigenvalue weighted by Gasteiger charge is -2.34. The van der Waals surface area contributed by atoms with E-state index in [1.807, 2.05) is 20.8 Å². The predicted octanol–water partition coefficient (Wildman–Crippen LogP) is 3.81. The maximum absolute atomic E-state index is 12.6. The highest BCUT2D eigenvalue weighted by Crippen LogP contribution is 2.39. The zero-order chi connectivity index (χ0) is 16.4. The summed E-state index contributed by atoms with van der Waals surface area (Å²) in [6.45, 7) is 6.77. The smallest absolute Gasteiger partial charge is 0.317 e. The molecule has 124 valence electrons. The Bertz CT molecular complexity index is 425. The second-order valence-electron chi connectivity index (χ2n) is 5.63. The monoisotopic (exact) mass is 308 g/mol. The molecular weight excluding hydrogens is 280 g/mol. The molecule has 4 nitrogen and oxygen atoms in total. The number of hydrogen-bond acceptors (Lipinski definition) is 4. The van der Waals surface area contributed by atoms with Gasteiger partial charge < -0.3 is 9.47 Å². The van der Waals surface area contributed by atoms with Gasteiger partial charge in [0.05, 0.1) is 19.1 Å². The lowest BCUT2D eigenvalue weighted by atomic mass is 9.71. The fourth-order valence-corrected chi connectivity index (χ4v) is 2.49. The van der Waals surface area contributed by atoms with Crippen molar-refractivity contribution in [3.05, 3.63) is 24.3 Å². The molecular formula is C18H28O4. The standard InChI is InChI=1S/C18H28O4/c1-4-7-13-21-16(19)15-11-9-10-12-18(15,6-3)17(20)22-14-8-5-2/h9-12,15H,4-8,13-14H2,1-3H3. The Morgan fingerprint density at radius 1 is 1.00 bits per heavy atom. The number of unbranched alkanes of at least 4 members (excludes halogenated alkanes) is 2. The Balaban J connectivity index is 2.83. The van der Waals surface area contributed by atoms with Gasteiger partial charge in [-0.05, 0) is 19.3 Å². The van der Waals surface area contributed by atoms with Crippen molar-refractivity contribution in [2.45, 2.75) is 52.9 Å². The van der Waals surface area contributed by atoms with Gasteiger partial charge in [0, 0.05) is 0 Å². The van der Waals surface area contributed by atoms with Crippen LogP contribution in [-0.4, -0.2) is 25.2 Å². The van der Waals surface area contributed by atoms with Crippen LogP contribution in [0.1, 0.15) is 52.9 Å². The number of ether oxygens (including phenoxy) is 2. The lowest BCUT2D eigenvalue weighted by molar-refractivity contribution is -0.164. The largest absolute Gasteiger partial charge is 0.465 e. The minimum absolute atomic E-state index is 0.332. The van der Waals surface area contributed by atoms with E-state index in [4.69, 9.17) is 9.47 Å². The van der Waals surface area contributed by atoms with Gasteiger partial charge in [-0.3, -0.25) is 9.59 Å². The third kappa shape index (κ3) is 4.46. The topological polar surface area (TPSA) is 52.6 Å². The van der Waals surface area contributed by atoms with Crippen molar-refractivity contribution in [2.75, 3.05) is 13.2 Å². The van der Waals surface area contributed by atoms with Crippen LogP contribution in [0, 0.1) is 11.3 Å². The van der Waals surface area contributed by atoms with Crippen molar-refractivity contribution in [1.82, 2.24) is 0 Å². The molecule has 2 unspecified atom stereocenters. The van der Waals surface area contributed by atoms with E-state index in [0.717, 1.165) is 25.7 Å². The van der Waals surface area contributed by atoms with Gasteiger partial charge in [0.15, 0.2) is 0 Å². The third-order valence-electron chi connectivity index (χ3n) is 4.06. The summed E-state index contributed by atoms with van der Waals surface area (Å²) in [6.07, 6.45) is 11.2. The molecule has 1 aliphatic carbocycles. The molecule has 4 heteroatoms. The number of rotatable bonds is 9. The van der Waals surface area contributed by atoms with Crippen molar-refractivity contribution in [3.63, 3.8) is 0 Å². The first kappa shape index (κ1) is 18.5. The van der Waals surface area contributed by atoms with Crippen LogP contribution in [0.3, 0.4) is 0 Å². The van der Waals surface area contributed by atoms with Crippen molar-refractivity contribution in [1.29, 1.82) is 0 Å². The number of esters is 2. The lowest BCUT2D eigenvalue weighted by Crippen LogP contribution is -2.43. The van der Waals surface area contributed by atoms with Crippen molar-refractivity contribution >= 4 is 11.9 Å². The van der Waals surface area contributed by atoms with Crippen LogP contribution in [0.2, 0.25) is 0 Å². The van der Waals surface area contributed by atoms with Crippen LogP contribution < -0.4 is 0 Å². The molecule has 0 aliphatic heterocycles. The Morgan fingerprint density at radius 2 is 1.64 bits per heavy atom. The first-order chi connectivity index (χ1) is 10.6. The average molecular weight is 308 g/mol. The minimum Gasteiger partial charge on any atom is -0.465 e. The van der Waals surface area contributed by atoms with Gasteiger partial charge in [-0.1, -0.05) is 57.9 Å². The van der Waals surface area contributed by atoms with E-state index < -0.39 is 11.3 Å². The summed E-state index contributed by atoms with van der Waals surface area (Å²) in [4.78, 5) is 24.9. The Labute approximate surface area is 133 Å². The Kier molecular flexibility index (Phi) is 7.92. The van der Waals surface area contributed by atoms with Gasteiger partial charge in [-0.15, -0.1) is 0 Å². The van der Waals surface area contributed by atoms with Crippen LogP contribution in [0.4, 0.5) is 0 Å². The van der Waals surface area contributed by atoms with Crippen LogP contribution >= 0.6 is 0 Å². The molecule has 0 N–H and O–H groups in total. The summed E-state index contributed by atoms with van der Waals surface area (Å²) in [5.41, 5.74) is -0.939. The van der Waals surface area contributed by atoms with E-state index >= 15 is 0 Å². The van der Waals surface area contributed by atoms with Crippen LogP contribution in [-0.2, 0) is 19.1 Å². The second-order valence-corrected chi connectivity index (χ2v) is 5.63. The normalized spacial score (nSPS) is 23.3. The molecule has 2 atom stereocenters. The maximum Gasteiger partial charge on any atom is 0.317 e. The molecule has 0 fully saturated rings. The van der Waals surface area contributed by atoms with E-state index in [1.54, 1.807) is 24.3 Å². The molecule has 0 heterocycles. The highest BCUT2D eigenvalue weighted by Gasteiger charge is 2.47. The van der Waals surface area contributed by atoms with E-state index in [-0.39, 0.29) is 11.9 Å². The van der Waals surface area contributed by atoms with Crippen molar-refractivity contribution in [2.24, 2.45) is 11.3 Å². The molecule has 0 aromatic rings. The number of allylic oxidation sites excluding steroid dienone is 2. The van der Waals surface area contributed by atoms with Gasteiger partial charge in [-0.2, -0.15) is 0 Å². The fraction of sp³-hybridized carbons (Fsp3) is 0.667. The quantitative estimate of drug-likeness (QED) is 0.480. The Morgan fingerprint density at radius 3 is 2.23 bits per heavy atom. The van der Waals surface area contributed by atoms with Crippen LogP contribution in [0.15, 0.2) is 24.3 Å². The predicted molar refractivity (Wildman–Crippen MR) is 86.2 cm³/mol. The fourth-order valence-electron chi connectivity index (χ4n) is 2.49. The summed E-state index contributed by atoms with van der Waals surface area (Å²) in [5.74, 6) is -1.28. The molecule has 1 aliphatic rings. The van der Waals surface area contributed by atoms with Gasteiger partial charge in [0.1, 0.15) is 5.41 Å². The van der Waals surface area contributed by atoms with E-state index in [1.165, 1.54) is 0 Å². The summed E-state index contributed by atoms with van der Waals surface area (Å²) >= 11 is 0. The SMILES string of the molecule is CCCCOC(=O)C1C=CC=CC1(CC)C(=O)OCCCC. The van der Waals surface area contributed by atoms with Crippen molar-refractivity contribution < 1.29 is 19.1 Å². The molecule has 0 saturated carbocycles.